The van der Waals surface area contributed by atoms with Crippen molar-refractivity contribution in [2.75, 3.05) is 13.1 Å². The third-order valence-electron chi connectivity index (χ3n) is 4.32. The van der Waals surface area contributed by atoms with Crippen LogP contribution in [0, 0.1) is 11.3 Å². The van der Waals surface area contributed by atoms with Crippen LogP contribution in [0.25, 0.3) is 22.3 Å². The number of aryl methyl sites for hydroxylation is 1. The monoisotopic (exact) mass is 293 g/mol. The Balaban J connectivity index is 1.79. The van der Waals surface area contributed by atoms with Crippen molar-refractivity contribution in [1.29, 1.82) is 5.26 Å². The fourth-order valence-corrected chi connectivity index (χ4v) is 2.94. The molecule has 0 saturated carbocycles. The Morgan fingerprint density at radius 3 is 3.00 bits per heavy atom. The zero-order valence-electron chi connectivity index (χ0n) is 12.2. The number of fused-ring (bicyclic) bond motifs is 1. The van der Waals surface area contributed by atoms with Gasteiger partial charge >= 0.3 is 0 Å². The smallest absolute Gasteiger partial charge is 0.143 e. The van der Waals surface area contributed by atoms with E-state index >= 15 is 0 Å². The fraction of sp³-hybridized carbons (Fsp3) is 0.333. The summed E-state index contributed by atoms with van der Waals surface area (Å²) in [5.74, 6) is 0. The van der Waals surface area contributed by atoms with Gasteiger partial charge in [-0.1, -0.05) is 0 Å². The van der Waals surface area contributed by atoms with Gasteiger partial charge in [0, 0.05) is 43.5 Å². The summed E-state index contributed by atoms with van der Waals surface area (Å²) in [6.07, 6.45) is 7.79. The van der Waals surface area contributed by atoms with Crippen molar-refractivity contribution in [2.45, 2.75) is 12.0 Å². The van der Waals surface area contributed by atoms with Gasteiger partial charge in [-0.3, -0.25) is 4.68 Å². The lowest BCUT2D eigenvalue weighted by molar-refractivity contribution is 0.160. The predicted molar refractivity (Wildman–Crippen MR) is 80.8 cm³/mol. The lowest BCUT2D eigenvalue weighted by Crippen LogP contribution is -2.60. The van der Waals surface area contributed by atoms with Crippen LogP contribution in [0.2, 0.25) is 0 Å². The molecule has 1 fully saturated rings. The van der Waals surface area contributed by atoms with Crippen LogP contribution in [0.5, 0.6) is 0 Å². The molecule has 0 atom stereocenters. The Morgan fingerprint density at radius 1 is 1.41 bits per heavy atom. The molecule has 0 spiro atoms. The van der Waals surface area contributed by atoms with Gasteiger partial charge in [-0.05, 0) is 6.07 Å². The van der Waals surface area contributed by atoms with Gasteiger partial charge < -0.3 is 9.88 Å². The number of aromatic nitrogens is 5. The number of hydrogen-bond acceptors (Lipinski definition) is 5. The van der Waals surface area contributed by atoms with Crippen molar-refractivity contribution in [3.05, 3.63) is 31.0 Å². The highest BCUT2D eigenvalue weighted by atomic mass is 15.4. The maximum absolute atomic E-state index is 9.05. The van der Waals surface area contributed by atoms with Gasteiger partial charge in [0.05, 0.1) is 24.4 Å². The largest absolute Gasteiger partial charge is 0.335 e. The molecule has 3 aromatic rings. The van der Waals surface area contributed by atoms with Crippen molar-refractivity contribution in [1.82, 2.24) is 29.6 Å². The average Bonchev–Trinajstić information content (AvgIpc) is 3.11. The Bertz CT molecular complexity index is 879. The standard InChI is InChI=1S/C15H15N7/c1-21-5-2-12-13(18-10-19-14(12)21)11-6-20-22(7-11)15(3-4-16)8-17-9-15/h2,5-7,10,17H,3,8-9H2,1H3. The van der Waals surface area contributed by atoms with E-state index < -0.39 is 0 Å². The zero-order chi connectivity index (χ0) is 15.2. The Morgan fingerprint density at radius 2 is 2.27 bits per heavy atom. The van der Waals surface area contributed by atoms with Gasteiger partial charge in [-0.25, -0.2) is 9.97 Å². The fourth-order valence-electron chi connectivity index (χ4n) is 2.94. The van der Waals surface area contributed by atoms with Crippen LogP contribution >= 0.6 is 0 Å². The predicted octanol–water partition coefficient (Wildman–Crippen LogP) is 1.04. The summed E-state index contributed by atoms with van der Waals surface area (Å²) in [6, 6.07) is 4.27. The van der Waals surface area contributed by atoms with Crippen molar-refractivity contribution in [2.24, 2.45) is 7.05 Å². The first-order valence-electron chi connectivity index (χ1n) is 7.13. The third kappa shape index (κ3) is 1.74. The van der Waals surface area contributed by atoms with E-state index in [1.807, 2.05) is 41.0 Å². The van der Waals surface area contributed by atoms with E-state index in [9.17, 15) is 0 Å². The van der Waals surface area contributed by atoms with Crippen molar-refractivity contribution in [3.8, 4) is 17.3 Å². The second kappa shape index (κ2) is 4.64. The van der Waals surface area contributed by atoms with Gasteiger partial charge in [0.2, 0.25) is 0 Å². The Hall–Kier alpha value is -2.72. The number of rotatable bonds is 3. The van der Waals surface area contributed by atoms with E-state index in [-0.39, 0.29) is 5.54 Å². The zero-order valence-corrected chi connectivity index (χ0v) is 12.2. The molecule has 0 bridgehead atoms. The van der Waals surface area contributed by atoms with Crippen LogP contribution in [0.4, 0.5) is 0 Å². The molecule has 1 saturated heterocycles. The lowest BCUT2D eigenvalue weighted by Gasteiger charge is -2.41. The van der Waals surface area contributed by atoms with E-state index in [0.717, 1.165) is 35.4 Å². The van der Waals surface area contributed by atoms with Crippen LogP contribution < -0.4 is 5.32 Å². The molecule has 1 aliphatic rings. The molecule has 1 aliphatic heterocycles. The minimum Gasteiger partial charge on any atom is -0.335 e. The molecule has 1 N–H and O–H groups in total. The maximum Gasteiger partial charge on any atom is 0.143 e. The molecule has 0 amide bonds. The van der Waals surface area contributed by atoms with Crippen LogP contribution in [0.3, 0.4) is 0 Å². The number of nitrogens with one attached hydrogen (secondary N) is 1. The van der Waals surface area contributed by atoms with Crippen LogP contribution in [-0.4, -0.2) is 37.4 Å². The van der Waals surface area contributed by atoms with Crippen LogP contribution in [0.1, 0.15) is 6.42 Å². The minimum absolute atomic E-state index is 0.226. The first kappa shape index (κ1) is 13.0. The van der Waals surface area contributed by atoms with Gasteiger partial charge in [0.25, 0.3) is 0 Å². The molecular weight excluding hydrogens is 278 g/mol. The number of nitrogens with zero attached hydrogens (tertiary/aromatic N) is 6. The summed E-state index contributed by atoms with van der Waals surface area (Å²) in [6.45, 7) is 1.54. The molecule has 110 valence electrons. The highest BCUT2D eigenvalue weighted by Crippen LogP contribution is 2.29. The molecule has 22 heavy (non-hydrogen) atoms. The molecule has 0 unspecified atom stereocenters. The molecule has 0 aromatic carbocycles. The summed E-state index contributed by atoms with van der Waals surface area (Å²) in [4.78, 5) is 8.73. The van der Waals surface area contributed by atoms with E-state index in [0.29, 0.717) is 6.42 Å². The van der Waals surface area contributed by atoms with Crippen molar-refractivity contribution in [3.63, 3.8) is 0 Å². The molecule has 3 aromatic heterocycles. The van der Waals surface area contributed by atoms with E-state index in [4.69, 9.17) is 5.26 Å². The summed E-state index contributed by atoms with van der Waals surface area (Å²) in [7, 11) is 1.96. The molecule has 4 heterocycles. The van der Waals surface area contributed by atoms with Crippen molar-refractivity contribution >= 4 is 11.0 Å². The summed E-state index contributed by atoms with van der Waals surface area (Å²) in [5, 5.41) is 17.8. The first-order valence-corrected chi connectivity index (χ1v) is 7.13. The second-order valence-corrected chi connectivity index (χ2v) is 5.72. The van der Waals surface area contributed by atoms with Crippen LogP contribution in [0.15, 0.2) is 31.0 Å². The SMILES string of the molecule is Cn1ccc2c(-c3cnn(C4(CC#N)CNC4)c3)ncnc21. The third-order valence-corrected chi connectivity index (χ3v) is 4.32. The molecule has 4 rings (SSSR count). The van der Waals surface area contributed by atoms with Gasteiger partial charge in [-0.2, -0.15) is 10.4 Å². The highest BCUT2D eigenvalue weighted by molar-refractivity contribution is 5.90. The Kier molecular flexibility index (Phi) is 2.74. The summed E-state index contributed by atoms with van der Waals surface area (Å²) >= 11 is 0. The van der Waals surface area contributed by atoms with Gasteiger partial charge in [-0.15, -0.1) is 0 Å². The second-order valence-electron chi connectivity index (χ2n) is 5.72. The minimum atomic E-state index is -0.226. The number of hydrogen-bond donors (Lipinski definition) is 1. The summed E-state index contributed by atoms with van der Waals surface area (Å²) in [5.41, 5.74) is 2.49. The Labute approximate surface area is 127 Å². The van der Waals surface area contributed by atoms with E-state index in [1.165, 1.54) is 0 Å². The topological polar surface area (TPSA) is 84.4 Å². The molecule has 0 radical (unpaired) electrons. The maximum atomic E-state index is 9.05. The molecule has 7 heteroatoms. The van der Waals surface area contributed by atoms with E-state index in [1.54, 1.807) is 6.33 Å². The van der Waals surface area contributed by atoms with Crippen LogP contribution in [-0.2, 0) is 12.6 Å². The number of nitriles is 1. The highest BCUT2D eigenvalue weighted by Gasteiger charge is 2.39. The average molecular weight is 293 g/mol. The first-order chi connectivity index (χ1) is 10.7. The summed E-state index contributed by atoms with van der Waals surface area (Å²) < 4.78 is 3.87. The quantitative estimate of drug-likeness (QED) is 0.780. The van der Waals surface area contributed by atoms with Gasteiger partial charge in [0.1, 0.15) is 17.5 Å². The van der Waals surface area contributed by atoms with Gasteiger partial charge in [0.15, 0.2) is 0 Å². The molecule has 0 aliphatic carbocycles. The van der Waals surface area contributed by atoms with E-state index in [2.05, 4.69) is 26.5 Å². The molecule has 7 nitrogen and oxygen atoms in total. The molecular formula is C15H15N7. The normalized spacial score (nSPS) is 16.4. The lowest BCUT2D eigenvalue weighted by atomic mass is 9.89. The van der Waals surface area contributed by atoms with Crippen molar-refractivity contribution < 1.29 is 0 Å².